The molecule has 2 aromatic rings. The van der Waals surface area contributed by atoms with Crippen LogP contribution in [0.1, 0.15) is 73.6 Å². The fraction of sp³-hybridized carbons (Fsp3) is 0.375. The molecule has 0 N–H and O–H groups in total. The fourth-order valence-electron chi connectivity index (χ4n) is 3.86. The van der Waals surface area contributed by atoms with Gasteiger partial charge in [-0.25, -0.2) is 4.39 Å². The molecular weight excluding hydrogens is 321 g/mol. The van der Waals surface area contributed by atoms with Crippen LogP contribution >= 0.6 is 0 Å². The number of nitrogens with zero attached hydrogens (tertiary/aromatic N) is 1. The molecule has 0 saturated heterocycles. The third-order valence-corrected chi connectivity index (χ3v) is 5.37. The molecule has 2 aromatic carbocycles. The molecule has 0 aromatic heterocycles. The van der Waals surface area contributed by atoms with Gasteiger partial charge in [-0.1, -0.05) is 43.7 Å². The van der Waals surface area contributed by atoms with E-state index < -0.39 is 5.82 Å². The molecule has 0 unspecified atom stereocenters. The van der Waals surface area contributed by atoms with Gasteiger partial charge in [0.1, 0.15) is 11.9 Å². The lowest BCUT2D eigenvalue weighted by Gasteiger charge is -2.28. The maximum Gasteiger partial charge on any atom is 0.142 e. The first-order valence-electron chi connectivity index (χ1n) is 9.51. The largest absolute Gasteiger partial charge is 0.206 e. The van der Waals surface area contributed by atoms with Crippen LogP contribution in [-0.2, 0) is 0 Å². The van der Waals surface area contributed by atoms with Gasteiger partial charge < -0.3 is 0 Å². The second-order valence-electron chi connectivity index (χ2n) is 7.18. The Morgan fingerprint density at radius 2 is 1.62 bits per heavy atom. The lowest BCUT2D eigenvalue weighted by molar-refractivity contribution is 0.308. The topological polar surface area (TPSA) is 23.8 Å². The first kappa shape index (κ1) is 18.2. The van der Waals surface area contributed by atoms with E-state index in [4.69, 9.17) is 5.26 Å². The van der Waals surface area contributed by atoms with Gasteiger partial charge in [0.2, 0.25) is 0 Å². The summed E-state index contributed by atoms with van der Waals surface area (Å²) in [7, 11) is 0. The van der Waals surface area contributed by atoms with Gasteiger partial charge in [0.15, 0.2) is 0 Å². The van der Waals surface area contributed by atoms with Gasteiger partial charge in [-0.2, -0.15) is 5.26 Å². The summed E-state index contributed by atoms with van der Waals surface area (Å²) in [6.45, 7) is 2.28. The van der Waals surface area contributed by atoms with Crippen molar-refractivity contribution in [2.45, 2.75) is 51.4 Å². The molecule has 0 spiro atoms. The van der Waals surface area contributed by atoms with Crippen LogP contribution in [0, 0.1) is 34.9 Å². The first-order chi connectivity index (χ1) is 12.7. The smallest absolute Gasteiger partial charge is 0.142 e. The van der Waals surface area contributed by atoms with Crippen LogP contribution in [0.25, 0.3) is 0 Å². The Labute approximate surface area is 155 Å². The van der Waals surface area contributed by atoms with Gasteiger partial charge in [-0.05, 0) is 73.4 Å². The van der Waals surface area contributed by atoms with E-state index in [9.17, 15) is 4.39 Å². The summed E-state index contributed by atoms with van der Waals surface area (Å²) < 4.78 is 13.6. The SMILES string of the molecule is CCCC1CCC(c2ccc(C#Cc3ccc(C#N)c(F)c3)cc2)CC1. The van der Waals surface area contributed by atoms with Gasteiger partial charge in [0, 0.05) is 11.1 Å². The van der Waals surface area contributed by atoms with Crippen LogP contribution in [0.2, 0.25) is 0 Å². The summed E-state index contributed by atoms with van der Waals surface area (Å²) in [6, 6.07) is 14.8. The minimum Gasteiger partial charge on any atom is -0.206 e. The summed E-state index contributed by atoms with van der Waals surface area (Å²) in [5, 5.41) is 8.77. The number of halogens is 1. The van der Waals surface area contributed by atoms with Crippen molar-refractivity contribution >= 4 is 0 Å². The molecule has 1 saturated carbocycles. The second-order valence-corrected chi connectivity index (χ2v) is 7.18. The highest BCUT2D eigenvalue weighted by Gasteiger charge is 2.21. The highest BCUT2D eigenvalue weighted by molar-refractivity contribution is 5.46. The van der Waals surface area contributed by atoms with Crippen LogP contribution in [0.3, 0.4) is 0 Å². The molecular formula is C24H24FN. The molecule has 1 nitrogen and oxygen atoms in total. The molecule has 1 aliphatic carbocycles. The van der Waals surface area contributed by atoms with Crippen LogP contribution in [0.4, 0.5) is 4.39 Å². The normalized spacial score (nSPS) is 19.3. The van der Waals surface area contributed by atoms with Crippen molar-refractivity contribution in [1.29, 1.82) is 5.26 Å². The zero-order chi connectivity index (χ0) is 18.4. The van der Waals surface area contributed by atoms with Gasteiger partial charge in [-0.15, -0.1) is 0 Å². The summed E-state index contributed by atoms with van der Waals surface area (Å²) >= 11 is 0. The number of nitriles is 1. The molecule has 0 aliphatic heterocycles. The van der Waals surface area contributed by atoms with Gasteiger partial charge >= 0.3 is 0 Å². The standard InChI is InChI=1S/C24H24FN/c1-2-3-18-6-11-21(12-7-18)22-13-8-19(9-14-22)4-5-20-10-15-23(17-26)24(25)16-20/h8-10,13-16,18,21H,2-3,6-7,11-12H2,1H3. The molecule has 1 aliphatic rings. The van der Waals surface area contributed by atoms with E-state index in [2.05, 4.69) is 43.0 Å². The first-order valence-corrected chi connectivity index (χ1v) is 9.51. The molecule has 2 heteroatoms. The highest BCUT2D eigenvalue weighted by atomic mass is 19.1. The van der Waals surface area contributed by atoms with Gasteiger partial charge in [-0.3, -0.25) is 0 Å². The van der Waals surface area contributed by atoms with Crippen LogP contribution < -0.4 is 0 Å². The molecule has 0 amide bonds. The van der Waals surface area contributed by atoms with Crippen LogP contribution in [-0.4, -0.2) is 0 Å². The van der Waals surface area contributed by atoms with E-state index in [-0.39, 0.29) is 5.56 Å². The molecule has 0 atom stereocenters. The lowest BCUT2D eigenvalue weighted by atomic mass is 9.77. The number of rotatable bonds is 3. The van der Waals surface area contributed by atoms with Crippen molar-refractivity contribution in [3.05, 3.63) is 70.5 Å². The quantitative estimate of drug-likeness (QED) is 0.610. The predicted octanol–water partition coefficient (Wildman–Crippen LogP) is 6.17. The van der Waals surface area contributed by atoms with Crippen LogP contribution in [0.15, 0.2) is 42.5 Å². The molecule has 0 bridgehead atoms. The van der Waals surface area contributed by atoms with E-state index in [0.717, 1.165) is 11.5 Å². The Kier molecular flexibility index (Phi) is 6.08. The average Bonchev–Trinajstić information content (AvgIpc) is 2.68. The average molecular weight is 345 g/mol. The van der Waals surface area contributed by atoms with E-state index in [0.29, 0.717) is 11.5 Å². The Hall–Kier alpha value is -2.58. The summed E-state index contributed by atoms with van der Waals surface area (Å²) in [6.07, 6.45) is 7.96. The third-order valence-electron chi connectivity index (χ3n) is 5.37. The summed E-state index contributed by atoms with van der Waals surface area (Å²) in [4.78, 5) is 0. The minimum absolute atomic E-state index is 0.0496. The zero-order valence-electron chi connectivity index (χ0n) is 15.3. The van der Waals surface area contributed by atoms with E-state index >= 15 is 0 Å². The Morgan fingerprint density at radius 1 is 0.962 bits per heavy atom. The Bertz CT molecular complexity index is 841. The summed E-state index contributed by atoms with van der Waals surface area (Å²) in [5.41, 5.74) is 2.97. The summed E-state index contributed by atoms with van der Waals surface area (Å²) in [5.74, 6) is 7.14. The van der Waals surface area contributed by atoms with Crippen molar-refractivity contribution in [1.82, 2.24) is 0 Å². The van der Waals surface area contributed by atoms with E-state index in [1.165, 1.54) is 56.2 Å². The van der Waals surface area contributed by atoms with Crippen molar-refractivity contribution in [3.8, 4) is 17.9 Å². The van der Waals surface area contributed by atoms with Crippen molar-refractivity contribution < 1.29 is 4.39 Å². The molecule has 3 rings (SSSR count). The van der Waals surface area contributed by atoms with E-state index in [1.54, 1.807) is 6.07 Å². The predicted molar refractivity (Wildman–Crippen MR) is 103 cm³/mol. The van der Waals surface area contributed by atoms with Crippen LogP contribution in [0.5, 0.6) is 0 Å². The maximum atomic E-state index is 13.6. The van der Waals surface area contributed by atoms with E-state index in [1.807, 2.05) is 6.07 Å². The van der Waals surface area contributed by atoms with Gasteiger partial charge in [0.05, 0.1) is 5.56 Å². The zero-order valence-corrected chi connectivity index (χ0v) is 15.3. The Morgan fingerprint density at radius 3 is 2.23 bits per heavy atom. The third kappa shape index (κ3) is 4.53. The fourth-order valence-corrected chi connectivity index (χ4v) is 3.86. The molecule has 1 fully saturated rings. The highest BCUT2D eigenvalue weighted by Crippen LogP contribution is 2.37. The van der Waals surface area contributed by atoms with Crippen molar-refractivity contribution in [2.24, 2.45) is 5.92 Å². The second kappa shape index (κ2) is 8.68. The maximum absolute atomic E-state index is 13.6. The molecule has 132 valence electrons. The van der Waals surface area contributed by atoms with Crippen molar-refractivity contribution in [3.63, 3.8) is 0 Å². The number of benzene rings is 2. The monoisotopic (exact) mass is 345 g/mol. The molecule has 0 heterocycles. The minimum atomic E-state index is -0.520. The molecule has 0 radical (unpaired) electrons. The number of hydrogen-bond donors (Lipinski definition) is 0. The lowest BCUT2D eigenvalue weighted by Crippen LogP contribution is -2.13. The van der Waals surface area contributed by atoms with Crippen molar-refractivity contribution in [2.75, 3.05) is 0 Å². The van der Waals surface area contributed by atoms with Gasteiger partial charge in [0.25, 0.3) is 0 Å². The molecule has 26 heavy (non-hydrogen) atoms. The number of hydrogen-bond acceptors (Lipinski definition) is 1. The Balaban J connectivity index is 1.64.